The lowest BCUT2D eigenvalue weighted by molar-refractivity contribution is -0.122. The normalized spacial score (nSPS) is 15.2. The Morgan fingerprint density at radius 1 is 1.00 bits per heavy atom. The van der Waals surface area contributed by atoms with Crippen LogP contribution in [0.4, 0.5) is 0 Å². The van der Waals surface area contributed by atoms with Crippen LogP contribution in [-0.4, -0.2) is 31.5 Å². The Labute approximate surface area is 202 Å². The summed E-state index contributed by atoms with van der Waals surface area (Å²) in [7, 11) is 0. The van der Waals surface area contributed by atoms with Gasteiger partial charge in [0.2, 0.25) is 0 Å². The van der Waals surface area contributed by atoms with Crippen molar-refractivity contribution in [2.45, 2.75) is 19.8 Å². The second kappa shape index (κ2) is 9.33. The maximum atomic E-state index is 13.0. The number of benzene rings is 3. The standard InChI is InChI=1S/C27H23N3OS2/c1-2-3-15-29-26(31)24(33-27(29)32)17-22-18-30(23-11-5-4-6-12-23)28-25(22)21-14-13-19-9-7-8-10-20(19)16-21/h4-14,16-18H,2-3,15H2,1H3. The number of unbranched alkanes of at least 4 members (excludes halogenated alkanes) is 1. The molecule has 1 aromatic heterocycles. The molecule has 4 nitrogen and oxygen atoms in total. The van der Waals surface area contributed by atoms with Crippen molar-refractivity contribution in [1.82, 2.24) is 14.7 Å². The van der Waals surface area contributed by atoms with E-state index in [-0.39, 0.29) is 5.91 Å². The van der Waals surface area contributed by atoms with Gasteiger partial charge >= 0.3 is 0 Å². The molecule has 0 radical (unpaired) electrons. The first-order valence-electron chi connectivity index (χ1n) is 11.0. The number of rotatable bonds is 6. The van der Waals surface area contributed by atoms with Crippen molar-refractivity contribution in [3.63, 3.8) is 0 Å². The molecule has 33 heavy (non-hydrogen) atoms. The van der Waals surface area contributed by atoms with Crippen LogP contribution in [0.25, 0.3) is 33.8 Å². The molecule has 164 valence electrons. The number of thioether (sulfide) groups is 1. The second-order valence-corrected chi connectivity index (χ2v) is 9.64. The molecule has 1 aliphatic heterocycles. The van der Waals surface area contributed by atoms with E-state index in [9.17, 15) is 4.79 Å². The Hall–Kier alpha value is -3.22. The van der Waals surface area contributed by atoms with E-state index in [0.717, 1.165) is 40.7 Å². The average Bonchev–Trinajstić information content (AvgIpc) is 3.38. The van der Waals surface area contributed by atoms with Gasteiger partial charge in [-0.1, -0.05) is 91.9 Å². The summed E-state index contributed by atoms with van der Waals surface area (Å²) in [5, 5.41) is 7.25. The highest BCUT2D eigenvalue weighted by molar-refractivity contribution is 8.26. The minimum atomic E-state index is -0.0182. The fourth-order valence-corrected chi connectivity index (χ4v) is 5.22. The minimum absolute atomic E-state index is 0.0182. The lowest BCUT2D eigenvalue weighted by Crippen LogP contribution is -2.28. The Kier molecular flexibility index (Phi) is 6.11. The predicted molar refractivity (Wildman–Crippen MR) is 141 cm³/mol. The van der Waals surface area contributed by atoms with E-state index in [4.69, 9.17) is 17.3 Å². The number of aromatic nitrogens is 2. The van der Waals surface area contributed by atoms with Crippen LogP contribution < -0.4 is 0 Å². The predicted octanol–water partition coefficient (Wildman–Crippen LogP) is 6.69. The third-order valence-electron chi connectivity index (χ3n) is 5.68. The zero-order chi connectivity index (χ0) is 22.8. The van der Waals surface area contributed by atoms with Crippen LogP contribution in [0.5, 0.6) is 0 Å². The highest BCUT2D eigenvalue weighted by atomic mass is 32.2. The molecule has 1 saturated heterocycles. The van der Waals surface area contributed by atoms with E-state index < -0.39 is 0 Å². The zero-order valence-corrected chi connectivity index (χ0v) is 19.9. The average molecular weight is 470 g/mol. The van der Waals surface area contributed by atoms with E-state index in [2.05, 4.69) is 37.3 Å². The van der Waals surface area contributed by atoms with Crippen LogP contribution in [0, 0.1) is 0 Å². The van der Waals surface area contributed by atoms with Gasteiger partial charge in [0.15, 0.2) is 0 Å². The minimum Gasteiger partial charge on any atom is -0.293 e. The molecule has 0 saturated carbocycles. The lowest BCUT2D eigenvalue weighted by Gasteiger charge is -2.12. The Bertz CT molecular complexity index is 1370. The van der Waals surface area contributed by atoms with Gasteiger partial charge in [0, 0.05) is 23.9 Å². The van der Waals surface area contributed by atoms with Crippen molar-refractivity contribution >= 4 is 51.1 Å². The van der Waals surface area contributed by atoms with Crippen molar-refractivity contribution in [1.29, 1.82) is 0 Å². The molecular formula is C27H23N3OS2. The maximum absolute atomic E-state index is 13.0. The van der Waals surface area contributed by atoms with Gasteiger partial charge in [-0.25, -0.2) is 4.68 Å². The number of hydrogen-bond donors (Lipinski definition) is 0. The number of amides is 1. The molecule has 5 rings (SSSR count). The molecule has 2 heterocycles. The van der Waals surface area contributed by atoms with Crippen LogP contribution in [0.1, 0.15) is 25.3 Å². The van der Waals surface area contributed by atoms with Crippen LogP contribution in [0.15, 0.2) is 83.9 Å². The molecule has 1 aliphatic rings. The van der Waals surface area contributed by atoms with Gasteiger partial charge in [0.25, 0.3) is 5.91 Å². The molecule has 0 atom stereocenters. The van der Waals surface area contributed by atoms with Crippen LogP contribution in [0.2, 0.25) is 0 Å². The molecule has 3 aromatic carbocycles. The number of para-hydroxylation sites is 1. The summed E-state index contributed by atoms with van der Waals surface area (Å²) in [6, 6.07) is 24.6. The second-order valence-electron chi connectivity index (χ2n) is 7.96. The van der Waals surface area contributed by atoms with Gasteiger partial charge in [0.1, 0.15) is 10.0 Å². The summed E-state index contributed by atoms with van der Waals surface area (Å²) in [5.41, 5.74) is 3.71. The topological polar surface area (TPSA) is 38.1 Å². The van der Waals surface area contributed by atoms with Crippen molar-refractivity contribution in [3.8, 4) is 16.9 Å². The van der Waals surface area contributed by atoms with Gasteiger partial charge in [-0.15, -0.1) is 0 Å². The summed E-state index contributed by atoms with van der Waals surface area (Å²) < 4.78 is 2.50. The zero-order valence-electron chi connectivity index (χ0n) is 18.3. The number of carbonyl (C=O) groups excluding carboxylic acids is 1. The fraction of sp³-hybridized carbons (Fsp3) is 0.148. The van der Waals surface area contributed by atoms with Crippen molar-refractivity contribution in [3.05, 3.63) is 89.5 Å². The van der Waals surface area contributed by atoms with Crippen LogP contribution in [0.3, 0.4) is 0 Å². The Balaban J connectivity index is 1.60. The molecule has 4 aromatic rings. The van der Waals surface area contributed by atoms with E-state index in [1.807, 2.05) is 59.4 Å². The fourth-order valence-electron chi connectivity index (χ4n) is 3.92. The molecule has 0 spiro atoms. The number of fused-ring (bicyclic) bond motifs is 1. The summed E-state index contributed by atoms with van der Waals surface area (Å²) >= 11 is 6.86. The Morgan fingerprint density at radius 2 is 1.76 bits per heavy atom. The van der Waals surface area contributed by atoms with Gasteiger partial charge in [-0.2, -0.15) is 5.10 Å². The van der Waals surface area contributed by atoms with Crippen molar-refractivity contribution < 1.29 is 4.79 Å². The number of hydrogen-bond acceptors (Lipinski definition) is 4. The quantitative estimate of drug-likeness (QED) is 0.233. The first kappa shape index (κ1) is 21.6. The summed E-state index contributed by atoms with van der Waals surface area (Å²) in [4.78, 5) is 15.4. The number of thiocarbonyl (C=S) groups is 1. The molecule has 0 aliphatic carbocycles. The first-order valence-corrected chi connectivity index (χ1v) is 12.3. The molecule has 1 fully saturated rings. The van der Waals surface area contributed by atoms with E-state index in [1.54, 1.807) is 4.90 Å². The molecule has 6 heteroatoms. The molecule has 0 N–H and O–H groups in total. The van der Waals surface area contributed by atoms with Crippen LogP contribution in [-0.2, 0) is 4.79 Å². The van der Waals surface area contributed by atoms with Gasteiger partial charge in [-0.05, 0) is 41.5 Å². The summed E-state index contributed by atoms with van der Waals surface area (Å²) in [5.74, 6) is -0.0182. The van der Waals surface area contributed by atoms with E-state index in [1.165, 1.54) is 17.1 Å². The maximum Gasteiger partial charge on any atom is 0.266 e. The number of carbonyl (C=O) groups is 1. The first-order chi connectivity index (χ1) is 16.1. The highest BCUT2D eigenvalue weighted by Crippen LogP contribution is 2.35. The molecule has 1 amide bonds. The molecule has 0 bridgehead atoms. The molecular weight excluding hydrogens is 446 g/mol. The third-order valence-corrected chi connectivity index (χ3v) is 7.06. The molecule has 0 unspecified atom stereocenters. The van der Waals surface area contributed by atoms with E-state index >= 15 is 0 Å². The smallest absolute Gasteiger partial charge is 0.266 e. The Morgan fingerprint density at radius 3 is 2.55 bits per heavy atom. The van der Waals surface area contributed by atoms with Crippen molar-refractivity contribution in [2.24, 2.45) is 0 Å². The third kappa shape index (κ3) is 4.36. The van der Waals surface area contributed by atoms with Gasteiger partial charge in [-0.3, -0.25) is 9.69 Å². The number of nitrogens with zero attached hydrogens (tertiary/aromatic N) is 3. The summed E-state index contributed by atoms with van der Waals surface area (Å²) in [6.07, 6.45) is 5.88. The van der Waals surface area contributed by atoms with Gasteiger partial charge < -0.3 is 0 Å². The van der Waals surface area contributed by atoms with E-state index in [0.29, 0.717) is 15.8 Å². The highest BCUT2D eigenvalue weighted by Gasteiger charge is 2.31. The van der Waals surface area contributed by atoms with Gasteiger partial charge in [0.05, 0.1) is 10.6 Å². The van der Waals surface area contributed by atoms with Crippen molar-refractivity contribution in [2.75, 3.05) is 6.54 Å². The lowest BCUT2D eigenvalue weighted by atomic mass is 10.0. The summed E-state index contributed by atoms with van der Waals surface area (Å²) in [6.45, 7) is 2.78. The van der Waals surface area contributed by atoms with Crippen LogP contribution >= 0.6 is 24.0 Å². The monoisotopic (exact) mass is 469 g/mol. The SMILES string of the molecule is CCCCN1C(=O)C(=Cc2cn(-c3ccccc3)nc2-c2ccc3ccccc3c2)SC1=S. The largest absolute Gasteiger partial charge is 0.293 e.